The minimum Gasteiger partial charge on any atom is -0.496 e. The van der Waals surface area contributed by atoms with Gasteiger partial charge in [-0.25, -0.2) is 0 Å². The Labute approximate surface area is 149 Å². The van der Waals surface area contributed by atoms with Crippen LogP contribution in [0.4, 0.5) is 0 Å². The van der Waals surface area contributed by atoms with Gasteiger partial charge >= 0.3 is 7.12 Å². The van der Waals surface area contributed by atoms with Crippen molar-refractivity contribution in [1.82, 2.24) is 4.98 Å². The topological polar surface area (TPSA) is 49.8 Å². The van der Waals surface area contributed by atoms with E-state index in [1.54, 1.807) is 20.4 Å². The van der Waals surface area contributed by atoms with Crippen LogP contribution in [0.5, 0.6) is 5.75 Å². The molecule has 0 radical (unpaired) electrons. The largest absolute Gasteiger partial charge is 0.497 e. The summed E-state index contributed by atoms with van der Waals surface area (Å²) in [4.78, 5) is 4.67. The molecule has 6 heteroatoms. The maximum Gasteiger partial charge on any atom is 0.497 e. The molecule has 3 rings (SSSR count). The summed E-state index contributed by atoms with van der Waals surface area (Å²) in [5, 5.41) is 0.946. The van der Waals surface area contributed by atoms with Crippen molar-refractivity contribution in [3.05, 3.63) is 29.5 Å². The lowest BCUT2D eigenvalue weighted by Gasteiger charge is -2.32. The van der Waals surface area contributed by atoms with Crippen LogP contribution in [0.25, 0.3) is 10.9 Å². The molecular formula is C19H26BNO4. The molecule has 1 aliphatic rings. The summed E-state index contributed by atoms with van der Waals surface area (Å²) in [5.74, 6) is 0.785. The molecule has 1 aromatic carbocycles. The second kappa shape index (κ2) is 6.27. The maximum absolute atomic E-state index is 6.24. The first-order valence-corrected chi connectivity index (χ1v) is 8.51. The Kier molecular flexibility index (Phi) is 4.56. The lowest BCUT2D eigenvalue weighted by atomic mass is 9.76. The second-order valence-electron chi connectivity index (χ2n) is 7.59. The third-order valence-electron chi connectivity index (χ3n) is 5.18. The monoisotopic (exact) mass is 343 g/mol. The summed E-state index contributed by atoms with van der Waals surface area (Å²) in [6.07, 6.45) is 1.80. The molecule has 2 heterocycles. The highest BCUT2D eigenvalue weighted by atomic mass is 16.7. The highest BCUT2D eigenvalue weighted by Crippen LogP contribution is 2.37. The number of hydrogen-bond acceptors (Lipinski definition) is 5. The highest BCUT2D eigenvalue weighted by molar-refractivity contribution is 6.65. The van der Waals surface area contributed by atoms with Gasteiger partial charge in [0.1, 0.15) is 5.75 Å². The van der Waals surface area contributed by atoms with Crippen LogP contribution < -0.4 is 10.2 Å². The van der Waals surface area contributed by atoms with E-state index < -0.39 is 18.3 Å². The Hall–Kier alpha value is -1.63. The van der Waals surface area contributed by atoms with E-state index in [1.807, 2.05) is 0 Å². The van der Waals surface area contributed by atoms with Crippen molar-refractivity contribution in [1.29, 1.82) is 0 Å². The van der Waals surface area contributed by atoms with Crippen molar-refractivity contribution in [2.75, 3.05) is 14.2 Å². The first-order chi connectivity index (χ1) is 11.7. The molecule has 1 fully saturated rings. The summed E-state index contributed by atoms with van der Waals surface area (Å²) < 4.78 is 23.4. The van der Waals surface area contributed by atoms with E-state index in [1.165, 1.54) is 0 Å². The Balaban J connectivity index is 2.17. The van der Waals surface area contributed by atoms with E-state index in [2.05, 4.69) is 51.7 Å². The van der Waals surface area contributed by atoms with Gasteiger partial charge in [-0.2, -0.15) is 0 Å². The lowest BCUT2D eigenvalue weighted by molar-refractivity contribution is 0.00578. The second-order valence-corrected chi connectivity index (χ2v) is 7.59. The lowest BCUT2D eigenvalue weighted by Crippen LogP contribution is -2.41. The van der Waals surface area contributed by atoms with Crippen molar-refractivity contribution in [3.63, 3.8) is 0 Å². The zero-order chi connectivity index (χ0) is 18.4. The number of aryl methyl sites for hydroxylation is 1. The predicted molar refractivity (Wildman–Crippen MR) is 99.5 cm³/mol. The fraction of sp³-hybridized carbons (Fsp3) is 0.526. The number of pyridine rings is 1. The standard InChI is InChI=1S/C19H26BNO4/c1-12-8-14-16(21-10-13(11-22-6)17(14)23-7)15(9-12)20-24-18(2,3)19(4,5)25-20/h8-10H,11H2,1-7H3. The minimum absolute atomic E-state index is 0.395. The molecule has 0 spiro atoms. The summed E-state index contributed by atoms with van der Waals surface area (Å²) in [7, 11) is 2.87. The van der Waals surface area contributed by atoms with Gasteiger partial charge in [0.15, 0.2) is 0 Å². The molecule has 0 amide bonds. The molecule has 25 heavy (non-hydrogen) atoms. The van der Waals surface area contributed by atoms with Crippen LogP contribution in [-0.4, -0.2) is 37.5 Å². The molecule has 0 atom stereocenters. The van der Waals surface area contributed by atoms with Gasteiger partial charge in [-0.15, -0.1) is 0 Å². The maximum atomic E-state index is 6.24. The molecule has 0 aliphatic carbocycles. The Morgan fingerprint density at radius 2 is 1.72 bits per heavy atom. The average Bonchev–Trinajstić information content (AvgIpc) is 2.74. The molecule has 0 bridgehead atoms. The van der Waals surface area contributed by atoms with Gasteiger partial charge in [0, 0.05) is 29.7 Å². The fourth-order valence-corrected chi connectivity index (χ4v) is 3.15. The summed E-state index contributed by atoms with van der Waals surface area (Å²) in [6.45, 7) is 10.7. The SMILES string of the molecule is COCc1cnc2c(B3OC(C)(C)C(C)(C)O3)cc(C)cc2c1OC. The van der Waals surface area contributed by atoms with E-state index in [0.29, 0.717) is 6.61 Å². The van der Waals surface area contributed by atoms with E-state index in [-0.39, 0.29) is 0 Å². The van der Waals surface area contributed by atoms with Crippen LogP contribution >= 0.6 is 0 Å². The summed E-state index contributed by atoms with van der Waals surface area (Å²) >= 11 is 0. The van der Waals surface area contributed by atoms with Crippen molar-refractivity contribution in [2.45, 2.75) is 52.4 Å². The Bertz CT molecular complexity index is 788. The number of aromatic nitrogens is 1. The molecule has 1 saturated heterocycles. The zero-order valence-electron chi connectivity index (χ0n) is 16.1. The van der Waals surface area contributed by atoms with Crippen LogP contribution in [0.1, 0.15) is 38.8 Å². The number of hydrogen-bond donors (Lipinski definition) is 0. The van der Waals surface area contributed by atoms with Gasteiger partial charge < -0.3 is 18.8 Å². The van der Waals surface area contributed by atoms with E-state index in [4.69, 9.17) is 18.8 Å². The molecule has 5 nitrogen and oxygen atoms in total. The van der Waals surface area contributed by atoms with E-state index in [9.17, 15) is 0 Å². The molecule has 1 aliphatic heterocycles. The number of benzene rings is 1. The molecule has 1 aromatic heterocycles. The van der Waals surface area contributed by atoms with Gasteiger partial charge in [0.25, 0.3) is 0 Å². The predicted octanol–water partition coefficient (Wildman–Crippen LogP) is 3.00. The first-order valence-electron chi connectivity index (χ1n) is 8.51. The molecule has 0 unspecified atom stereocenters. The number of rotatable bonds is 4. The van der Waals surface area contributed by atoms with Crippen molar-refractivity contribution >= 4 is 23.5 Å². The van der Waals surface area contributed by atoms with E-state index in [0.717, 1.165) is 33.2 Å². The Morgan fingerprint density at radius 3 is 2.28 bits per heavy atom. The van der Waals surface area contributed by atoms with Crippen LogP contribution in [0.3, 0.4) is 0 Å². The third-order valence-corrected chi connectivity index (χ3v) is 5.18. The van der Waals surface area contributed by atoms with Gasteiger partial charge in [0.05, 0.1) is 30.4 Å². The summed E-state index contributed by atoms with van der Waals surface area (Å²) in [6, 6.07) is 4.15. The molecular weight excluding hydrogens is 317 g/mol. The van der Waals surface area contributed by atoms with E-state index >= 15 is 0 Å². The highest BCUT2D eigenvalue weighted by Gasteiger charge is 2.52. The average molecular weight is 343 g/mol. The van der Waals surface area contributed by atoms with Crippen LogP contribution in [0, 0.1) is 6.92 Å². The fourth-order valence-electron chi connectivity index (χ4n) is 3.15. The first kappa shape index (κ1) is 18.2. The van der Waals surface area contributed by atoms with Crippen molar-refractivity contribution < 1.29 is 18.8 Å². The van der Waals surface area contributed by atoms with Crippen molar-refractivity contribution in [3.8, 4) is 5.75 Å². The van der Waals surface area contributed by atoms with Crippen LogP contribution in [0.2, 0.25) is 0 Å². The number of nitrogens with zero attached hydrogens (tertiary/aromatic N) is 1. The zero-order valence-corrected chi connectivity index (χ0v) is 16.1. The van der Waals surface area contributed by atoms with Gasteiger partial charge in [0.2, 0.25) is 0 Å². The molecule has 2 aromatic rings. The quantitative estimate of drug-likeness (QED) is 0.799. The number of methoxy groups -OCH3 is 2. The molecule has 0 saturated carbocycles. The third kappa shape index (κ3) is 3.03. The Morgan fingerprint density at radius 1 is 1.08 bits per heavy atom. The van der Waals surface area contributed by atoms with Crippen LogP contribution in [0.15, 0.2) is 18.3 Å². The molecule has 134 valence electrons. The normalized spacial score (nSPS) is 18.8. The van der Waals surface area contributed by atoms with Crippen LogP contribution in [-0.2, 0) is 20.7 Å². The van der Waals surface area contributed by atoms with Gasteiger partial charge in [-0.3, -0.25) is 4.98 Å². The number of fused-ring (bicyclic) bond motifs is 1. The minimum atomic E-state index is -0.460. The number of ether oxygens (including phenoxy) is 2. The van der Waals surface area contributed by atoms with Crippen molar-refractivity contribution in [2.24, 2.45) is 0 Å². The van der Waals surface area contributed by atoms with Gasteiger partial charge in [-0.05, 0) is 40.7 Å². The van der Waals surface area contributed by atoms with Gasteiger partial charge in [-0.1, -0.05) is 11.6 Å². The molecule has 0 N–H and O–H groups in total. The smallest absolute Gasteiger partial charge is 0.496 e. The summed E-state index contributed by atoms with van der Waals surface area (Å²) in [5.41, 5.74) is 2.99.